The van der Waals surface area contributed by atoms with E-state index in [1.54, 1.807) is 27.7 Å². The Labute approximate surface area is 210 Å². The maximum absolute atomic E-state index is 13.2. The lowest BCUT2D eigenvalue weighted by Crippen LogP contribution is -2.59. The van der Waals surface area contributed by atoms with Crippen LogP contribution < -0.4 is 33.2 Å². The highest BCUT2D eigenvalue weighted by molar-refractivity contribution is 5.94. The summed E-state index contributed by atoms with van der Waals surface area (Å²) in [7, 11) is 0. The highest BCUT2D eigenvalue weighted by atomic mass is 16.4. The number of carbonyl (C=O) groups is 5. The Morgan fingerprint density at radius 2 is 1.44 bits per heavy atom. The van der Waals surface area contributed by atoms with Crippen molar-refractivity contribution in [3.63, 3.8) is 0 Å². The third-order valence-corrected chi connectivity index (χ3v) is 5.61. The zero-order chi connectivity index (χ0) is 28.0. The molecule has 0 aliphatic carbocycles. The Kier molecular flexibility index (Phi) is 14.7. The number of hydrogen-bond acceptors (Lipinski definition) is 7. The molecule has 3 amide bonds. The predicted molar refractivity (Wildman–Crippen MR) is 132 cm³/mol. The molecule has 0 aromatic heterocycles. The molecular weight excluding hydrogens is 474 g/mol. The molecule has 0 aliphatic heterocycles. The first-order chi connectivity index (χ1) is 16.7. The smallest absolute Gasteiger partial charge is 0.326 e. The van der Waals surface area contributed by atoms with E-state index in [0.717, 1.165) is 0 Å². The molecule has 11 N–H and O–H groups in total. The quantitative estimate of drug-likeness (QED) is 0.0630. The summed E-state index contributed by atoms with van der Waals surface area (Å²) in [5.74, 6) is -5.30. The van der Waals surface area contributed by atoms with Crippen molar-refractivity contribution in [3.05, 3.63) is 0 Å². The summed E-state index contributed by atoms with van der Waals surface area (Å²) in [6, 6.07) is -4.50. The summed E-state index contributed by atoms with van der Waals surface area (Å²) in [4.78, 5) is 64.7. The second-order valence-electron chi connectivity index (χ2n) is 8.99. The summed E-state index contributed by atoms with van der Waals surface area (Å²) in [5.41, 5.74) is 16.4. The van der Waals surface area contributed by atoms with Crippen LogP contribution in [0.1, 0.15) is 59.8 Å². The molecule has 14 nitrogen and oxygen atoms in total. The lowest BCUT2D eigenvalue weighted by atomic mass is 9.96. The standard InChI is InChI=1S/C22H41N7O7/c1-5-12(4)17(29-18(32)13(23)8-9-15(30)31)20(34)27-14(7-6-10-26-22(24)25)19(33)28-16(11(2)3)21(35)36/h11-14,16-17H,5-10,23H2,1-4H3,(H,27,34)(H,28,33)(H,29,32)(H,30,31)(H,35,36)(H4,24,25,26). The van der Waals surface area contributed by atoms with Gasteiger partial charge in [0.05, 0.1) is 6.04 Å². The third-order valence-electron chi connectivity index (χ3n) is 5.61. The molecule has 0 heterocycles. The van der Waals surface area contributed by atoms with Crippen molar-refractivity contribution in [2.75, 3.05) is 6.54 Å². The predicted octanol–water partition coefficient (Wildman–Crippen LogP) is -1.53. The highest BCUT2D eigenvalue weighted by Crippen LogP contribution is 2.11. The van der Waals surface area contributed by atoms with E-state index in [0.29, 0.717) is 12.8 Å². The van der Waals surface area contributed by atoms with Crippen LogP contribution in [0, 0.1) is 11.8 Å². The molecule has 14 heteroatoms. The van der Waals surface area contributed by atoms with Crippen molar-refractivity contribution in [2.45, 2.75) is 84.0 Å². The molecule has 0 aromatic rings. The summed E-state index contributed by atoms with van der Waals surface area (Å²) < 4.78 is 0. The number of nitrogens with zero attached hydrogens (tertiary/aromatic N) is 1. The van der Waals surface area contributed by atoms with E-state index in [1.165, 1.54) is 0 Å². The van der Waals surface area contributed by atoms with Gasteiger partial charge in [-0.25, -0.2) is 4.79 Å². The third kappa shape index (κ3) is 12.3. The number of guanidine groups is 1. The van der Waals surface area contributed by atoms with Gasteiger partial charge in [-0.1, -0.05) is 34.1 Å². The molecule has 5 unspecified atom stereocenters. The van der Waals surface area contributed by atoms with Crippen molar-refractivity contribution in [1.29, 1.82) is 0 Å². The molecule has 0 aromatic carbocycles. The number of aliphatic imine (C=N–C) groups is 1. The van der Waals surface area contributed by atoms with Crippen LogP contribution in [0.4, 0.5) is 0 Å². The SMILES string of the molecule is CCC(C)C(NC(=O)C(N)CCC(=O)O)C(=O)NC(CCCN=C(N)N)C(=O)NC(C(=O)O)C(C)C. The molecule has 5 atom stereocenters. The van der Waals surface area contributed by atoms with Gasteiger partial charge in [0, 0.05) is 13.0 Å². The number of carboxylic acids is 2. The van der Waals surface area contributed by atoms with Crippen molar-refractivity contribution in [1.82, 2.24) is 16.0 Å². The minimum atomic E-state index is -1.22. The molecule has 0 fully saturated rings. The maximum atomic E-state index is 13.2. The molecular formula is C22H41N7O7. The fraction of sp³-hybridized carbons (Fsp3) is 0.727. The second kappa shape index (κ2) is 16.3. The fourth-order valence-corrected chi connectivity index (χ4v) is 3.17. The Bertz CT molecular complexity index is 800. The van der Waals surface area contributed by atoms with Crippen molar-refractivity contribution in [2.24, 2.45) is 34.0 Å². The Morgan fingerprint density at radius 3 is 1.92 bits per heavy atom. The average molecular weight is 516 g/mol. The number of hydrogen-bond donors (Lipinski definition) is 8. The molecule has 0 saturated heterocycles. The number of carbonyl (C=O) groups excluding carboxylic acids is 3. The molecule has 0 bridgehead atoms. The van der Waals surface area contributed by atoms with E-state index >= 15 is 0 Å². The van der Waals surface area contributed by atoms with Gasteiger partial charge < -0.3 is 43.4 Å². The van der Waals surface area contributed by atoms with Gasteiger partial charge in [-0.2, -0.15) is 0 Å². The van der Waals surface area contributed by atoms with Crippen molar-refractivity contribution < 1.29 is 34.2 Å². The highest BCUT2D eigenvalue weighted by Gasteiger charge is 2.33. The van der Waals surface area contributed by atoms with Gasteiger partial charge in [-0.05, 0) is 31.1 Å². The van der Waals surface area contributed by atoms with E-state index in [9.17, 15) is 29.1 Å². The second-order valence-corrected chi connectivity index (χ2v) is 8.99. The minimum absolute atomic E-state index is 0.0953. The Hall–Kier alpha value is -3.42. The fourth-order valence-electron chi connectivity index (χ4n) is 3.17. The number of rotatable bonds is 17. The van der Waals surface area contributed by atoms with Gasteiger partial charge in [-0.3, -0.25) is 24.2 Å². The molecule has 36 heavy (non-hydrogen) atoms. The topological polar surface area (TPSA) is 252 Å². The van der Waals surface area contributed by atoms with Crippen molar-refractivity contribution in [3.8, 4) is 0 Å². The first kappa shape index (κ1) is 32.6. The number of nitrogens with one attached hydrogen (secondary N) is 3. The van der Waals surface area contributed by atoms with Crippen LogP contribution >= 0.6 is 0 Å². The van der Waals surface area contributed by atoms with Gasteiger partial charge in [0.2, 0.25) is 17.7 Å². The number of nitrogens with two attached hydrogens (primary N) is 3. The Morgan fingerprint density at radius 1 is 0.861 bits per heavy atom. The largest absolute Gasteiger partial charge is 0.481 e. The number of aliphatic carboxylic acids is 2. The van der Waals surface area contributed by atoms with Crippen LogP contribution in [0.2, 0.25) is 0 Å². The van der Waals surface area contributed by atoms with Gasteiger partial charge in [-0.15, -0.1) is 0 Å². The lowest BCUT2D eigenvalue weighted by Gasteiger charge is -2.28. The number of carboxylic acid groups (broad SMARTS) is 2. The zero-order valence-corrected chi connectivity index (χ0v) is 21.3. The first-order valence-electron chi connectivity index (χ1n) is 11.9. The molecule has 0 spiro atoms. The monoisotopic (exact) mass is 515 g/mol. The molecule has 0 radical (unpaired) electrons. The molecule has 0 saturated carbocycles. The summed E-state index contributed by atoms with van der Waals surface area (Å²) >= 11 is 0. The maximum Gasteiger partial charge on any atom is 0.326 e. The van der Waals surface area contributed by atoms with Crippen LogP contribution in [0.15, 0.2) is 4.99 Å². The van der Waals surface area contributed by atoms with E-state index in [-0.39, 0.29) is 37.7 Å². The summed E-state index contributed by atoms with van der Waals surface area (Å²) in [6.07, 6.45) is 0.470. The van der Waals surface area contributed by atoms with E-state index in [2.05, 4.69) is 20.9 Å². The van der Waals surface area contributed by atoms with Gasteiger partial charge in [0.15, 0.2) is 5.96 Å². The normalized spacial score (nSPS) is 15.1. The van der Waals surface area contributed by atoms with E-state index in [4.69, 9.17) is 22.3 Å². The van der Waals surface area contributed by atoms with Crippen LogP contribution in [0.3, 0.4) is 0 Å². The van der Waals surface area contributed by atoms with E-state index < -0.39 is 59.7 Å². The van der Waals surface area contributed by atoms with Crippen LogP contribution in [-0.4, -0.2) is 76.5 Å². The minimum Gasteiger partial charge on any atom is -0.481 e. The molecule has 0 aliphatic rings. The van der Waals surface area contributed by atoms with Gasteiger partial charge in [0.25, 0.3) is 0 Å². The zero-order valence-electron chi connectivity index (χ0n) is 21.3. The first-order valence-corrected chi connectivity index (χ1v) is 11.9. The van der Waals surface area contributed by atoms with Crippen LogP contribution in [0.5, 0.6) is 0 Å². The summed E-state index contributed by atoms with van der Waals surface area (Å²) in [6.45, 7) is 6.97. The lowest BCUT2D eigenvalue weighted by molar-refractivity contribution is -0.143. The van der Waals surface area contributed by atoms with Gasteiger partial charge >= 0.3 is 11.9 Å². The average Bonchev–Trinajstić information content (AvgIpc) is 2.79. The van der Waals surface area contributed by atoms with E-state index in [1.807, 2.05) is 0 Å². The number of amides is 3. The summed E-state index contributed by atoms with van der Waals surface area (Å²) in [5, 5.41) is 25.8. The van der Waals surface area contributed by atoms with Gasteiger partial charge in [0.1, 0.15) is 18.1 Å². The van der Waals surface area contributed by atoms with Crippen molar-refractivity contribution >= 4 is 35.6 Å². The molecule has 206 valence electrons. The Balaban J connectivity index is 5.65. The van der Waals surface area contributed by atoms with Crippen LogP contribution in [-0.2, 0) is 24.0 Å². The van der Waals surface area contributed by atoms with Crippen LogP contribution in [0.25, 0.3) is 0 Å². The molecule has 0 rings (SSSR count).